The monoisotopic (exact) mass is 259 g/mol. The molecule has 1 aliphatic heterocycles. The van der Waals surface area contributed by atoms with Gasteiger partial charge in [0.25, 0.3) is 0 Å². The molecule has 0 bridgehead atoms. The molecule has 1 aromatic rings. The van der Waals surface area contributed by atoms with Crippen molar-refractivity contribution in [1.82, 2.24) is 4.90 Å². The van der Waals surface area contributed by atoms with Crippen LogP contribution in [0.2, 0.25) is 0 Å². The lowest BCUT2D eigenvalue weighted by Gasteiger charge is -2.37. The molecule has 0 aromatic heterocycles. The van der Waals surface area contributed by atoms with Crippen molar-refractivity contribution < 1.29 is 4.79 Å². The smallest absolute Gasteiger partial charge is 0.155 e. The van der Waals surface area contributed by atoms with Crippen LogP contribution in [0.1, 0.15) is 45.6 Å². The van der Waals surface area contributed by atoms with Gasteiger partial charge in [-0.1, -0.05) is 57.5 Å². The minimum Gasteiger partial charge on any atom is -0.297 e. The van der Waals surface area contributed by atoms with Crippen molar-refractivity contribution in [2.24, 2.45) is 5.41 Å². The molecule has 1 fully saturated rings. The molecule has 0 N–H and O–H groups in total. The fourth-order valence-corrected chi connectivity index (χ4v) is 2.79. The number of nitrogens with zero attached hydrogens (tertiary/aromatic N) is 1. The number of benzene rings is 1. The van der Waals surface area contributed by atoms with Crippen LogP contribution in [0.3, 0.4) is 0 Å². The van der Waals surface area contributed by atoms with E-state index in [9.17, 15) is 4.79 Å². The molecule has 0 amide bonds. The fourth-order valence-electron chi connectivity index (χ4n) is 2.79. The molecule has 19 heavy (non-hydrogen) atoms. The number of likely N-dealkylation sites (tertiary alicyclic amines) is 1. The first-order valence-electron chi connectivity index (χ1n) is 7.31. The van der Waals surface area contributed by atoms with E-state index in [2.05, 4.69) is 29.2 Å². The Balaban J connectivity index is 2.10. The number of ketones is 1. The number of carbonyl (C=O) groups is 1. The molecule has 0 aliphatic carbocycles. The minimum absolute atomic E-state index is 0.106. The largest absolute Gasteiger partial charge is 0.297 e. The summed E-state index contributed by atoms with van der Waals surface area (Å²) in [6.07, 6.45) is 3.40. The Bertz CT molecular complexity index is 419. The molecule has 1 aromatic carbocycles. The van der Waals surface area contributed by atoms with Crippen molar-refractivity contribution in [1.29, 1.82) is 0 Å². The van der Waals surface area contributed by atoms with E-state index in [1.807, 2.05) is 26.8 Å². The summed E-state index contributed by atoms with van der Waals surface area (Å²) in [6, 6.07) is 10.6. The van der Waals surface area contributed by atoms with Crippen molar-refractivity contribution in [2.75, 3.05) is 6.54 Å². The summed E-state index contributed by atoms with van der Waals surface area (Å²) in [6.45, 7) is 8.04. The summed E-state index contributed by atoms with van der Waals surface area (Å²) < 4.78 is 0. The van der Waals surface area contributed by atoms with Gasteiger partial charge in [0.2, 0.25) is 0 Å². The number of rotatable bonds is 3. The molecule has 0 radical (unpaired) electrons. The zero-order valence-electron chi connectivity index (χ0n) is 12.4. The minimum atomic E-state index is -0.239. The van der Waals surface area contributed by atoms with Gasteiger partial charge in [-0.25, -0.2) is 0 Å². The molecule has 2 heteroatoms. The zero-order valence-corrected chi connectivity index (χ0v) is 12.4. The third-order valence-corrected chi connectivity index (χ3v) is 3.88. The normalized spacial score (nSPS) is 21.3. The first kappa shape index (κ1) is 14.3. The maximum Gasteiger partial charge on any atom is 0.155 e. The van der Waals surface area contributed by atoms with Crippen LogP contribution in [-0.2, 0) is 11.3 Å². The van der Waals surface area contributed by atoms with Crippen LogP contribution in [0.5, 0.6) is 0 Å². The lowest BCUT2D eigenvalue weighted by molar-refractivity contribution is -0.133. The highest BCUT2D eigenvalue weighted by atomic mass is 16.1. The van der Waals surface area contributed by atoms with Gasteiger partial charge in [0.1, 0.15) is 0 Å². The van der Waals surface area contributed by atoms with E-state index in [1.165, 1.54) is 18.4 Å². The van der Waals surface area contributed by atoms with Crippen molar-refractivity contribution in [2.45, 2.75) is 52.6 Å². The highest BCUT2D eigenvalue weighted by molar-refractivity contribution is 5.88. The van der Waals surface area contributed by atoms with E-state index < -0.39 is 0 Å². The average Bonchev–Trinajstić information content (AvgIpc) is 2.39. The Morgan fingerprint density at radius 2 is 1.89 bits per heavy atom. The van der Waals surface area contributed by atoms with Crippen molar-refractivity contribution in [3.05, 3.63) is 35.9 Å². The van der Waals surface area contributed by atoms with Gasteiger partial charge in [-0.3, -0.25) is 9.69 Å². The molecule has 104 valence electrons. The Hall–Kier alpha value is -1.15. The number of hydrogen-bond donors (Lipinski definition) is 0. The van der Waals surface area contributed by atoms with E-state index >= 15 is 0 Å². The standard InChI is InChI=1S/C17H25NO/c1-17(2,3)16(19)15-11-7-8-12-18(15)13-14-9-5-4-6-10-14/h4-6,9-10,15H,7-8,11-13H2,1-3H3. The summed E-state index contributed by atoms with van der Waals surface area (Å²) in [5.41, 5.74) is 1.06. The molecule has 1 atom stereocenters. The Morgan fingerprint density at radius 3 is 2.53 bits per heavy atom. The van der Waals surface area contributed by atoms with E-state index in [0.717, 1.165) is 19.5 Å². The Morgan fingerprint density at radius 1 is 1.21 bits per heavy atom. The second-order valence-corrected chi connectivity index (χ2v) is 6.58. The number of hydrogen-bond acceptors (Lipinski definition) is 2. The molecule has 1 unspecified atom stereocenters. The second kappa shape index (κ2) is 5.87. The second-order valence-electron chi connectivity index (χ2n) is 6.58. The molecule has 0 spiro atoms. The number of Topliss-reactive ketones (excluding diaryl/α,β-unsaturated/α-hetero) is 1. The van der Waals surface area contributed by atoms with Crippen LogP contribution in [0.15, 0.2) is 30.3 Å². The van der Waals surface area contributed by atoms with Crippen LogP contribution in [0, 0.1) is 5.41 Å². The topological polar surface area (TPSA) is 20.3 Å². The first-order chi connectivity index (χ1) is 8.98. The van der Waals surface area contributed by atoms with Crippen LogP contribution in [-0.4, -0.2) is 23.3 Å². The highest BCUT2D eigenvalue weighted by Gasteiger charge is 2.34. The molecule has 1 heterocycles. The van der Waals surface area contributed by atoms with Crippen LogP contribution >= 0.6 is 0 Å². The average molecular weight is 259 g/mol. The summed E-state index contributed by atoms with van der Waals surface area (Å²) in [5, 5.41) is 0. The predicted octanol–water partition coefficient (Wildman–Crippen LogP) is 3.66. The molecule has 1 aliphatic rings. The zero-order chi connectivity index (χ0) is 13.9. The molecular formula is C17H25NO. The van der Waals surface area contributed by atoms with Gasteiger partial charge < -0.3 is 0 Å². The van der Waals surface area contributed by atoms with E-state index in [0.29, 0.717) is 5.78 Å². The van der Waals surface area contributed by atoms with Crippen LogP contribution in [0.25, 0.3) is 0 Å². The van der Waals surface area contributed by atoms with E-state index in [-0.39, 0.29) is 11.5 Å². The van der Waals surface area contributed by atoms with E-state index in [1.54, 1.807) is 0 Å². The molecule has 2 rings (SSSR count). The summed E-state index contributed by atoms with van der Waals surface area (Å²) >= 11 is 0. The summed E-state index contributed by atoms with van der Waals surface area (Å²) in [7, 11) is 0. The third-order valence-electron chi connectivity index (χ3n) is 3.88. The Kier molecular flexibility index (Phi) is 4.41. The summed E-state index contributed by atoms with van der Waals surface area (Å²) in [4.78, 5) is 14.9. The highest BCUT2D eigenvalue weighted by Crippen LogP contribution is 2.27. The maximum absolute atomic E-state index is 12.6. The van der Waals surface area contributed by atoms with Crippen molar-refractivity contribution in [3.8, 4) is 0 Å². The first-order valence-corrected chi connectivity index (χ1v) is 7.31. The number of carbonyl (C=O) groups excluding carboxylic acids is 1. The summed E-state index contributed by atoms with van der Waals surface area (Å²) in [5.74, 6) is 0.392. The van der Waals surface area contributed by atoms with Gasteiger partial charge in [-0.2, -0.15) is 0 Å². The fraction of sp³-hybridized carbons (Fsp3) is 0.588. The van der Waals surface area contributed by atoms with Gasteiger partial charge in [0.15, 0.2) is 5.78 Å². The van der Waals surface area contributed by atoms with Gasteiger partial charge in [0.05, 0.1) is 6.04 Å². The molecule has 1 saturated heterocycles. The van der Waals surface area contributed by atoms with Crippen molar-refractivity contribution in [3.63, 3.8) is 0 Å². The number of piperidine rings is 1. The predicted molar refractivity (Wildman–Crippen MR) is 79.0 cm³/mol. The van der Waals surface area contributed by atoms with Gasteiger partial charge in [-0.05, 0) is 24.9 Å². The van der Waals surface area contributed by atoms with Gasteiger partial charge in [-0.15, -0.1) is 0 Å². The molecular weight excluding hydrogens is 234 g/mol. The van der Waals surface area contributed by atoms with Crippen LogP contribution < -0.4 is 0 Å². The van der Waals surface area contributed by atoms with Gasteiger partial charge in [0, 0.05) is 12.0 Å². The third kappa shape index (κ3) is 3.66. The lowest BCUT2D eigenvalue weighted by Crippen LogP contribution is -2.48. The lowest BCUT2D eigenvalue weighted by atomic mass is 9.82. The van der Waals surface area contributed by atoms with Crippen molar-refractivity contribution >= 4 is 5.78 Å². The quantitative estimate of drug-likeness (QED) is 0.825. The van der Waals surface area contributed by atoms with Gasteiger partial charge >= 0.3 is 0 Å². The van der Waals surface area contributed by atoms with Crippen LogP contribution in [0.4, 0.5) is 0 Å². The van der Waals surface area contributed by atoms with E-state index in [4.69, 9.17) is 0 Å². The molecule has 0 saturated carbocycles. The SMILES string of the molecule is CC(C)(C)C(=O)C1CCCCN1Cc1ccccc1. The Labute approximate surface area is 116 Å². The molecule has 2 nitrogen and oxygen atoms in total. The maximum atomic E-state index is 12.6.